The Labute approximate surface area is 182 Å². The second-order valence-electron chi connectivity index (χ2n) is 9.04. The number of nitrogens with zero attached hydrogens (tertiary/aromatic N) is 2. The number of piperidine rings is 1. The van der Waals surface area contributed by atoms with Crippen molar-refractivity contribution in [1.29, 1.82) is 5.26 Å². The van der Waals surface area contributed by atoms with Crippen molar-refractivity contribution in [3.05, 3.63) is 16.0 Å². The van der Waals surface area contributed by atoms with Crippen molar-refractivity contribution in [3.63, 3.8) is 0 Å². The van der Waals surface area contributed by atoms with Crippen molar-refractivity contribution in [3.8, 4) is 6.07 Å². The summed E-state index contributed by atoms with van der Waals surface area (Å²) in [7, 11) is 0. The van der Waals surface area contributed by atoms with Gasteiger partial charge in [-0.25, -0.2) is 4.79 Å². The van der Waals surface area contributed by atoms with Crippen LogP contribution in [-0.2, 0) is 22.4 Å². The fraction of sp³-hybridized carbons (Fsp3) is 0.682. The van der Waals surface area contributed by atoms with Gasteiger partial charge < -0.3 is 15.4 Å². The zero-order chi connectivity index (χ0) is 21.7. The molecular weight excluding hydrogens is 400 g/mol. The predicted molar refractivity (Wildman–Crippen MR) is 118 cm³/mol. The number of thiophene rings is 1. The Morgan fingerprint density at radius 2 is 2.07 bits per heavy atom. The van der Waals surface area contributed by atoms with E-state index in [0.29, 0.717) is 30.1 Å². The third-order valence-corrected chi connectivity index (χ3v) is 6.75. The maximum absolute atomic E-state index is 12.5. The number of carbonyl (C=O) groups is 2. The van der Waals surface area contributed by atoms with Gasteiger partial charge in [-0.1, -0.05) is 6.42 Å². The van der Waals surface area contributed by atoms with Gasteiger partial charge in [0.05, 0.1) is 5.56 Å². The van der Waals surface area contributed by atoms with Crippen LogP contribution in [0.3, 0.4) is 0 Å². The Balaban J connectivity index is 1.49. The van der Waals surface area contributed by atoms with Crippen LogP contribution in [0.2, 0.25) is 0 Å². The van der Waals surface area contributed by atoms with E-state index in [-0.39, 0.29) is 11.9 Å². The molecule has 0 radical (unpaired) electrons. The molecule has 1 aromatic rings. The predicted octanol–water partition coefficient (Wildman–Crippen LogP) is 3.82. The minimum Gasteiger partial charge on any atom is -0.444 e. The largest absolute Gasteiger partial charge is 0.444 e. The van der Waals surface area contributed by atoms with E-state index < -0.39 is 11.7 Å². The number of hydrogen-bond acceptors (Lipinski definition) is 6. The van der Waals surface area contributed by atoms with Crippen LogP contribution in [0, 0.1) is 11.3 Å². The van der Waals surface area contributed by atoms with Crippen molar-refractivity contribution >= 4 is 28.3 Å². The topological polar surface area (TPSA) is 94.5 Å². The molecule has 3 rings (SSSR count). The van der Waals surface area contributed by atoms with Crippen LogP contribution in [0.15, 0.2) is 0 Å². The lowest BCUT2D eigenvalue weighted by Crippen LogP contribution is -2.48. The first kappa shape index (κ1) is 22.6. The highest BCUT2D eigenvalue weighted by atomic mass is 32.1. The van der Waals surface area contributed by atoms with Gasteiger partial charge in [-0.05, 0) is 65.0 Å². The molecule has 8 heteroatoms. The summed E-state index contributed by atoms with van der Waals surface area (Å²) in [6.45, 7) is 7.62. The fourth-order valence-electron chi connectivity index (χ4n) is 4.15. The lowest BCUT2D eigenvalue weighted by molar-refractivity contribution is -0.116. The molecule has 1 aromatic heterocycles. The third-order valence-electron chi connectivity index (χ3n) is 5.54. The van der Waals surface area contributed by atoms with E-state index in [4.69, 9.17) is 4.74 Å². The minimum absolute atomic E-state index is 0.0594. The molecule has 0 aromatic carbocycles. The Hall–Kier alpha value is -2.11. The molecule has 2 amide bonds. The number of nitrogens with one attached hydrogen (secondary N) is 2. The van der Waals surface area contributed by atoms with Crippen LogP contribution in [0.4, 0.5) is 9.80 Å². The molecule has 1 fully saturated rings. The van der Waals surface area contributed by atoms with Crippen molar-refractivity contribution in [1.82, 2.24) is 10.2 Å². The van der Waals surface area contributed by atoms with E-state index in [1.165, 1.54) is 4.88 Å². The average molecular weight is 433 g/mol. The molecule has 1 unspecified atom stereocenters. The van der Waals surface area contributed by atoms with Crippen LogP contribution in [0.25, 0.3) is 0 Å². The van der Waals surface area contributed by atoms with E-state index in [1.807, 2.05) is 20.8 Å². The van der Waals surface area contributed by atoms with Gasteiger partial charge in [0.15, 0.2) is 0 Å². The summed E-state index contributed by atoms with van der Waals surface area (Å²) in [5.41, 5.74) is 1.26. The molecule has 1 saturated heterocycles. The van der Waals surface area contributed by atoms with Gasteiger partial charge in [-0.15, -0.1) is 11.3 Å². The quantitative estimate of drug-likeness (QED) is 0.713. The van der Waals surface area contributed by atoms with Crippen molar-refractivity contribution in [2.45, 2.75) is 77.4 Å². The summed E-state index contributed by atoms with van der Waals surface area (Å²) < 4.78 is 5.32. The number of fused-ring (bicyclic) bond motifs is 1. The molecule has 2 N–H and O–H groups in total. The standard InChI is InChI=1S/C22H32N4O3S/c1-22(2,3)29-21(28)24-14-15-7-4-5-11-26(15)12-10-19(27)25-20-17(13-23)16-8-6-9-18(16)30-20/h15H,4-12,14H2,1-3H3,(H,24,28)(H,25,27). The van der Waals surface area contributed by atoms with Crippen molar-refractivity contribution < 1.29 is 14.3 Å². The van der Waals surface area contributed by atoms with Crippen LogP contribution >= 0.6 is 11.3 Å². The minimum atomic E-state index is -0.515. The van der Waals surface area contributed by atoms with Crippen molar-refractivity contribution in [2.75, 3.05) is 25.0 Å². The first-order chi connectivity index (χ1) is 14.3. The highest BCUT2D eigenvalue weighted by Crippen LogP contribution is 2.38. The summed E-state index contributed by atoms with van der Waals surface area (Å²) in [6.07, 6.45) is 6.22. The number of hydrogen-bond donors (Lipinski definition) is 2. The number of aryl methyl sites for hydroxylation is 1. The van der Waals surface area contributed by atoms with Gasteiger partial charge in [0.1, 0.15) is 16.7 Å². The van der Waals surface area contributed by atoms with Gasteiger partial charge in [0.25, 0.3) is 0 Å². The molecule has 0 spiro atoms. The Bertz CT molecular complexity index is 822. The normalized spacial score (nSPS) is 19.1. The molecule has 2 aliphatic rings. The number of amides is 2. The second kappa shape index (κ2) is 9.80. The highest BCUT2D eigenvalue weighted by molar-refractivity contribution is 7.16. The number of nitriles is 1. The number of alkyl carbamates (subject to hydrolysis) is 1. The van der Waals surface area contributed by atoms with Gasteiger partial charge >= 0.3 is 6.09 Å². The molecule has 7 nitrogen and oxygen atoms in total. The van der Waals surface area contributed by atoms with Crippen LogP contribution < -0.4 is 10.6 Å². The van der Waals surface area contributed by atoms with E-state index in [2.05, 4.69) is 21.6 Å². The SMILES string of the molecule is CC(C)(C)OC(=O)NCC1CCCCN1CCC(=O)Nc1sc2c(c1C#N)CCC2. The van der Waals surface area contributed by atoms with Gasteiger partial charge in [-0.2, -0.15) is 5.26 Å². The summed E-state index contributed by atoms with van der Waals surface area (Å²) in [6, 6.07) is 2.48. The third kappa shape index (κ3) is 5.96. The number of anilines is 1. The molecular formula is C22H32N4O3S. The fourth-order valence-corrected chi connectivity index (χ4v) is 5.40. The van der Waals surface area contributed by atoms with Gasteiger partial charge in [0.2, 0.25) is 5.91 Å². The molecule has 30 heavy (non-hydrogen) atoms. The molecule has 164 valence electrons. The van der Waals surface area contributed by atoms with Gasteiger partial charge in [-0.3, -0.25) is 9.69 Å². The lowest BCUT2D eigenvalue weighted by atomic mass is 10.0. The first-order valence-corrected chi connectivity index (χ1v) is 11.6. The number of rotatable bonds is 6. The zero-order valence-electron chi connectivity index (χ0n) is 18.2. The van der Waals surface area contributed by atoms with Gasteiger partial charge in [0, 0.05) is 30.4 Å². The van der Waals surface area contributed by atoms with Crippen LogP contribution in [-0.4, -0.2) is 48.2 Å². The molecule has 1 atom stereocenters. The van der Waals surface area contributed by atoms with E-state index >= 15 is 0 Å². The Kier molecular flexibility index (Phi) is 7.37. The monoisotopic (exact) mass is 432 g/mol. The summed E-state index contributed by atoms with van der Waals surface area (Å²) in [5, 5.41) is 16.0. The van der Waals surface area contributed by atoms with E-state index in [0.717, 1.165) is 50.6 Å². The van der Waals surface area contributed by atoms with Crippen molar-refractivity contribution in [2.24, 2.45) is 0 Å². The molecule has 1 aliphatic heterocycles. The maximum atomic E-state index is 12.5. The van der Waals surface area contributed by atoms with Crippen LogP contribution in [0.5, 0.6) is 0 Å². The molecule has 0 bridgehead atoms. The summed E-state index contributed by atoms with van der Waals surface area (Å²) in [5.74, 6) is -0.0594. The smallest absolute Gasteiger partial charge is 0.407 e. The Morgan fingerprint density at radius 1 is 1.27 bits per heavy atom. The lowest BCUT2D eigenvalue weighted by Gasteiger charge is -2.35. The molecule has 2 heterocycles. The molecule has 0 saturated carbocycles. The van der Waals surface area contributed by atoms with E-state index in [1.54, 1.807) is 11.3 Å². The van der Waals surface area contributed by atoms with E-state index in [9.17, 15) is 14.9 Å². The highest BCUT2D eigenvalue weighted by Gasteiger charge is 2.26. The average Bonchev–Trinajstić information content (AvgIpc) is 3.24. The maximum Gasteiger partial charge on any atom is 0.407 e. The zero-order valence-corrected chi connectivity index (χ0v) is 19.0. The number of ether oxygens (including phenoxy) is 1. The number of carbonyl (C=O) groups excluding carboxylic acids is 2. The molecule has 1 aliphatic carbocycles. The summed E-state index contributed by atoms with van der Waals surface area (Å²) in [4.78, 5) is 28.0. The summed E-state index contributed by atoms with van der Waals surface area (Å²) >= 11 is 1.55. The van der Waals surface area contributed by atoms with Crippen LogP contribution in [0.1, 0.15) is 68.9 Å². The second-order valence-corrected chi connectivity index (χ2v) is 10.1. The first-order valence-electron chi connectivity index (χ1n) is 10.8. The Morgan fingerprint density at radius 3 is 2.80 bits per heavy atom. The number of likely N-dealkylation sites (tertiary alicyclic amines) is 1.